The summed E-state index contributed by atoms with van der Waals surface area (Å²) in [5.74, 6) is 0.342. The molecule has 2 aromatic heterocycles. The SMILES string of the molecule is CCC(C)N(CC(=O)N1CCCN(c2ccc(-c3ccc(F)cc3)nn2)CC1)C(=O)c1cccs1. The lowest BCUT2D eigenvalue weighted by Gasteiger charge is -2.30. The van der Waals surface area contributed by atoms with Crippen LogP contribution in [0.2, 0.25) is 0 Å². The normalized spacial score (nSPS) is 14.9. The van der Waals surface area contributed by atoms with Crippen LogP contribution >= 0.6 is 11.3 Å². The van der Waals surface area contributed by atoms with Gasteiger partial charge in [0.15, 0.2) is 5.82 Å². The summed E-state index contributed by atoms with van der Waals surface area (Å²) in [5, 5.41) is 10.6. The fraction of sp³-hybridized carbons (Fsp3) is 0.385. The quantitative estimate of drug-likeness (QED) is 0.488. The number of halogens is 1. The predicted molar refractivity (Wildman–Crippen MR) is 136 cm³/mol. The molecule has 1 saturated heterocycles. The maximum absolute atomic E-state index is 13.2. The number of benzene rings is 1. The van der Waals surface area contributed by atoms with Crippen molar-refractivity contribution >= 4 is 29.0 Å². The number of aromatic nitrogens is 2. The molecule has 0 spiro atoms. The highest BCUT2D eigenvalue weighted by molar-refractivity contribution is 7.12. The van der Waals surface area contributed by atoms with E-state index in [1.165, 1.54) is 23.5 Å². The summed E-state index contributed by atoms with van der Waals surface area (Å²) in [6.45, 7) is 6.68. The summed E-state index contributed by atoms with van der Waals surface area (Å²) in [6, 6.07) is 13.6. The van der Waals surface area contributed by atoms with E-state index in [0.29, 0.717) is 30.2 Å². The van der Waals surface area contributed by atoms with Crippen LogP contribution in [-0.4, -0.2) is 70.6 Å². The van der Waals surface area contributed by atoms with Crippen LogP contribution in [0, 0.1) is 5.82 Å². The highest BCUT2D eigenvalue weighted by Gasteiger charge is 2.27. The van der Waals surface area contributed by atoms with E-state index in [-0.39, 0.29) is 30.2 Å². The van der Waals surface area contributed by atoms with Crippen LogP contribution in [-0.2, 0) is 4.79 Å². The van der Waals surface area contributed by atoms with E-state index >= 15 is 0 Å². The minimum atomic E-state index is -0.287. The second-order valence-electron chi connectivity index (χ2n) is 8.67. The molecular weight excluding hydrogens is 465 g/mol. The van der Waals surface area contributed by atoms with Crippen molar-refractivity contribution in [3.05, 3.63) is 64.6 Å². The van der Waals surface area contributed by atoms with Gasteiger partial charge in [-0.05, 0) is 67.6 Å². The third-order valence-corrected chi connectivity index (χ3v) is 7.24. The lowest BCUT2D eigenvalue weighted by atomic mass is 10.1. The summed E-state index contributed by atoms with van der Waals surface area (Å²) in [7, 11) is 0. The molecule has 4 rings (SSSR count). The second-order valence-corrected chi connectivity index (χ2v) is 9.62. The molecule has 2 amide bonds. The fourth-order valence-electron chi connectivity index (χ4n) is 4.10. The van der Waals surface area contributed by atoms with Crippen molar-refractivity contribution in [3.63, 3.8) is 0 Å². The molecule has 3 aromatic rings. The topological polar surface area (TPSA) is 69.6 Å². The largest absolute Gasteiger partial charge is 0.353 e. The van der Waals surface area contributed by atoms with Gasteiger partial charge < -0.3 is 14.7 Å². The number of hydrogen-bond acceptors (Lipinski definition) is 6. The number of nitrogens with zero attached hydrogens (tertiary/aromatic N) is 5. The van der Waals surface area contributed by atoms with Gasteiger partial charge in [-0.2, -0.15) is 0 Å². The Morgan fingerprint density at radius 2 is 1.86 bits per heavy atom. The summed E-state index contributed by atoms with van der Waals surface area (Å²) in [5.41, 5.74) is 1.49. The number of hydrogen-bond donors (Lipinski definition) is 0. The van der Waals surface area contributed by atoms with E-state index in [1.807, 2.05) is 42.3 Å². The van der Waals surface area contributed by atoms with E-state index in [0.717, 1.165) is 30.8 Å². The monoisotopic (exact) mass is 495 g/mol. The van der Waals surface area contributed by atoms with Gasteiger partial charge in [0.2, 0.25) is 5.91 Å². The van der Waals surface area contributed by atoms with Crippen LogP contribution in [0.1, 0.15) is 36.4 Å². The molecular formula is C26H30FN5O2S. The van der Waals surface area contributed by atoms with Gasteiger partial charge in [0.05, 0.1) is 10.6 Å². The molecule has 184 valence electrons. The first kappa shape index (κ1) is 24.8. The van der Waals surface area contributed by atoms with E-state index < -0.39 is 0 Å². The molecule has 1 fully saturated rings. The maximum atomic E-state index is 13.2. The molecule has 7 nitrogen and oxygen atoms in total. The number of carbonyl (C=O) groups excluding carboxylic acids is 2. The highest BCUT2D eigenvalue weighted by Crippen LogP contribution is 2.20. The summed E-state index contributed by atoms with van der Waals surface area (Å²) < 4.78 is 13.2. The zero-order chi connectivity index (χ0) is 24.8. The Balaban J connectivity index is 1.38. The van der Waals surface area contributed by atoms with Crippen LogP contribution in [0.15, 0.2) is 53.9 Å². The van der Waals surface area contributed by atoms with Crippen LogP contribution in [0.25, 0.3) is 11.3 Å². The fourth-order valence-corrected chi connectivity index (χ4v) is 4.78. The number of anilines is 1. The molecule has 1 atom stereocenters. The van der Waals surface area contributed by atoms with Gasteiger partial charge in [0.1, 0.15) is 12.4 Å². The molecule has 0 aliphatic carbocycles. The predicted octanol–water partition coefficient (Wildman–Crippen LogP) is 4.32. The van der Waals surface area contributed by atoms with Crippen molar-refractivity contribution in [1.29, 1.82) is 0 Å². The number of carbonyl (C=O) groups is 2. The van der Waals surface area contributed by atoms with Gasteiger partial charge in [-0.15, -0.1) is 21.5 Å². The van der Waals surface area contributed by atoms with Crippen molar-refractivity contribution in [3.8, 4) is 11.3 Å². The standard InChI is InChI=1S/C26H30FN5O2S/c1-3-19(2)32(26(34)23-6-4-17-35-23)18-25(33)31-14-5-13-30(15-16-31)24-12-11-22(28-29-24)20-7-9-21(27)10-8-20/h4,6-12,17,19H,3,5,13-16,18H2,1-2H3. The highest BCUT2D eigenvalue weighted by atomic mass is 32.1. The van der Waals surface area contributed by atoms with Crippen molar-refractivity contribution in [2.24, 2.45) is 0 Å². The Morgan fingerprint density at radius 3 is 2.51 bits per heavy atom. The molecule has 0 bridgehead atoms. The number of amides is 2. The Labute approximate surface area is 209 Å². The smallest absolute Gasteiger partial charge is 0.264 e. The van der Waals surface area contributed by atoms with E-state index in [4.69, 9.17) is 0 Å². The summed E-state index contributed by atoms with van der Waals surface area (Å²) in [6.07, 6.45) is 1.58. The van der Waals surface area contributed by atoms with E-state index in [2.05, 4.69) is 15.1 Å². The van der Waals surface area contributed by atoms with E-state index in [1.54, 1.807) is 23.1 Å². The minimum Gasteiger partial charge on any atom is -0.353 e. The van der Waals surface area contributed by atoms with Crippen LogP contribution < -0.4 is 4.90 Å². The first-order valence-corrected chi connectivity index (χ1v) is 12.8. The van der Waals surface area contributed by atoms with Gasteiger partial charge in [0.25, 0.3) is 5.91 Å². The molecule has 3 heterocycles. The minimum absolute atomic E-state index is 0.0214. The average molecular weight is 496 g/mol. The molecule has 0 radical (unpaired) electrons. The molecule has 0 saturated carbocycles. The average Bonchev–Trinajstić information content (AvgIpc) is 3.31. The van der Waals surface area contributed by atoms with Gasteiger partial charge in [-0.1, -0.05) is 13.0 Å². The molecule has 0 N–H and O–H groups in total. The first-order chi connectivity index (χ1) is 17.0. The zero-order valence-corrected chi connectivity index (χ0v) is 20.9. The van der Waals surface area contributed by atoms with Crippen molar-refractivity contribution in [1.82, 2.24) is 20.0 Å². The molecule has 1 aliphatic rings. The van der Waals surface area contributed by atoms with Crippen molar-refractivity contribution in [2.75, 3.05) is 37.6 Å². The molecule has 9 heteroatoms. The summed E-state index contributed by atoms with van der Waals surface area (Å²) >= 11 is 1.40. The van der Waals surface area contributed by atoms with Crippen LogP contribution in [0.4, 0.5) is 10.2 Å². The third kappa shape index (κ3) is 6.03. The molecule has 35 heavy (non-hydrogen) atoms. The van der Waals surface area contributed by atoms with Gasteiger partial charge in [-0.3, -0.25) is 9.59 Å². The van der Waals surface area contributed by atoms with Gasteiger partial charge >= 0.3 is 0 Å². The summed E-state index contributed by atoms with van der Waals surface area (Å²) in [4.78, 5) is 32.5. The Hall–Kier alpha value is -3.33. The Kier molecular flexibility index (Phi) is 8.07. The van der Waals surface area contributed by atoms with Gasteiger partial charge in [0, 0.05) is 37.8 Å². The van der Waals surface area contributed by atoms with Crippen LogP contribution in [0.3, 0.4) is 0 Å². The first-order valence-electron chi connectivity index (χ1n) is 11.9. The zero-order valence-electron chi connectivity index (χ0n) is 20.1. The van der Waals surface area contributed by atoms with Gasteiger partial charge in [-0.25, -0.2) is 4.39 Å². The van der Waals surface area contributed by atoms with Crippen molar-refractivity contribution in [2.45, 2.75) is 32.7 Å². The Bertz CT molecular complexity index is 1120. The number of rotatable bonds is 7. The molecule has 1 unspecified atom stereocenters. The Morgan fingerprint density at radius 1 is 1.06 bits per heavy atom. The maximum Gasteiger partial charge on any atom is 0.264 e. The lowest BCUT2D eigenvalue weighted by Crippen LogP contribution is -2.47. The van der Waals surface area contributed by atoms with Crippen molar-refractivity contribution < 1.29 is 14.0 Å². The molecule has 1 aromatic carbocycles. The second kappa shape index (κ2) is 11.4. The van der Waals surface area contributed by atoms with E-state index in [9.17, 15) is 14.0 Å². The molecule has 1 aliphatic heterocycles. The number of thiophene rings is 1. The van der Waals surface area contributed by atoms with Crippen LogP contribution in [0.5, 0.6) is 0 Å². The lowest BCUT2D eigenvalue weighted by molar-refractivity contribution is -0.132. The third-order valence-electron chi connectivity index (χ3n) is 6.38.